The zero-order valence-corrected chi connectivity index (χ0v) is 9.00. The first-order chi connectivity index (χ1) is 6.20. The van der Waals surface area contributed by atoms with Crippen LogP contribution in [0.5, 0.6) is 5.75 Å². The molecule has 13 heavy (non-hydrogen) atoms. The molecule has 0 unspecified atom stereocenters. The quantitative estimate of drug-likeness (QED) is 0.751. The predicted octanol–water partition coefficient (Wildman–Crippen LogP) is 3.61. The third-order valence-corrected chi connectivity index (χ3v) is 3.05. The van der Waals surface area contributed by atoms with Crippen molar-refractivity contribution in [3.8, 4) is 5.75 Å². The largest absolute Gasteiger partial charge is 0.495 e. The van der Waals surface area contributed by atoms with Crippen LogP contribution in [0.4, 0.5) is 0 Å². The molecule has 0 amide bonds. The van der Waals surface area contributed by atoms with E-state index in [4.69, 9.17) is 27.9 Å². The van der Waals surface area contributed by atoms with E-state index in [1.54, 1.807) is 19.2 Å². The second kappa shape index (κ2) is 3.33. The Kier molecular flexibility index (Phi) is 2.32. The van der Waals surface area contributed by atoms with Crippen molar-refractivity contribution in [2.24, 2.45) is 0 Å². The minimum Gasteiger partial charge on any atom is -0.495 e. The third kappa shape index (κ3) is 1.59. The molecule has 5 heteroatoms. The monoisotopic (exact) mass is 233 g/mol. The van der Waals surface area contributed by atoms with Crippen molar-refractivity contribution in [1.82, 2.24) is 4.98 Å². The Labute approximate surface area is 89.1 Å². The van der Waals surface area contributed by atoms with Gasteiger partial charge in [0, 0.05) is 6.07 Å². The van der Waals surface area contributed by atoms with E-state index in [0.717, 1.165) is 10.2 Å². The van der Waals surface area contributed by atoms with Gasteiger partial charge in [0.1, 0.15) is 5.75 Å². The van der Waals surface area contributed by atoms with Crippen molar-refractivity contribution >= 4 is 44.8 Å². The van der Waals surface area contributed by atoms with Gasteiger partial charge in [-0.2, -0.15) is 0 Å². The summed E-state index contributed by atoms with van der Waals surface area (Å²) >= 11 is 13.1. The average molecular weight is 234 g/mol. The van der Waals surface area contributed by atoms with Gasteiger partial charge in [0.05, 0.1) is 22.3 Å². The first-order valence-corrected chi connectivity index (χ1v) is 5.07. The Morgan fingerprint density at radius 3 is 2.85 bits per heavy atom. The van der Waals surface area contributed by atoms with E-state index in [-0.39, 0.29) is 0 Å². The summed E-state index contributed by atoms with van der Waals surface area (Å²) in [5.41, 5.74) is 0.816. The van der Waals surface area contributed by atoms with Crippen LogP contribution in [-0.2, 0) is 0 Å². The van der Waals surface area contributed by atoms with Crippen LogP contribution in [0.15, 0.2) is 12.1 Å². The van der Waals surface area contributed by atoms with Crippen LogP contribution in [0, 0.1) is 0 Å². The first-order valence-electron chi connectivity index (χ1n) is 3.50. The lowest BCUT2D eigenvalue weighted by molar-refractivity contribution is 0.415. The van der Waals surface area contributed by atoms with Crippen molar-refractivity contribution in [1.29, 1.82) is 0 Å². The fourth-order valence-corrected chi connectivity index (χ4v) is 2.42. The Bertz CT molecular complexity index is 455. The molecule has 2 aromatic rings. The van der Waals surface area contributed by atoms with Crippen molar-refractivity contribution in [3.63, 3.8) is 0 Å². The van der Waals surface area contributed by atoms with E-state index >= 15 is 0 Å². The summed E-state index contributed by atoms with van der Waals surface area (Å²) < 4.78 is 6.53. The summed E-state index contributed by atoms with van der Waals surface area (Å²) in [4.78, 5) is 4.11. The second-order valence-electron chi connectivity index (χ2n) is 2.42. The van der Waals surface area contributed by atoms with E-state index in [2.05, 4.69) is 4.98 Å². The molecule has 0 atom stereocenters. The molecule has 2 rings (SSSR count). The number of hydrogen-bond acceptors (Lipinski definition) is 3. The predicted molar refractivity (Wildman–Crippen MR) is 56.2 cm³/mol. The fraction of sp³-hybridized carbons (Fsp3) is 0.125. The number of nitrogens with zero attached hydrogens (tertiary/aromatic N) is 1. The van der Waals surface area contributed by atoms with Gasteiger partial charge in [0.2, 0.25) is 0 Å². The topological polar surface area (TPSA) is 22.1 Å². The molecule has 0 fully saturated rings. The Morgan fingerprint density at radius 1 is 1.38 bits per heavy atom. The first kappa shape index (κ1) is 9.06. The SMILES string of the molecule is COc1cc2nc(Cl)sc2cc1Cl. The molecule has 0 aliphatic rings. The minimum atomic E-state index is 0.513. The summed E-state index contributed by atoms with van der Waals surface area (Å²) in [5, 5.41) is 0.579. The van der Waals surface area contributed by atoms with E-state index in [1.807, 2.05) is 0 Å². The molecule has 0 spiro atoms. The third-order valence-electron chi connectivity index (χ3n) is 1.64. The lowest BCUT2D eigenvalue weighted by Gasteiger charge is -2.00. The van der Waals surface area contributed by atoms with Crippen LogP contribution in [0.2, 0.25) is 9.49 Å². The number of methoxy groups -OCH3 is 1. The van der Waals surface area contributed by atoms with Gasteiger partial charge < -0.3 is 4.74 Å². The molecule has 2 nitrogen and oxygen atoms in total. The molecule has 0 radical (unpaired) electrons. The summed E-state index contributed by atoms with van der Waals surface area (Å²) in [6.07, 6.45) is 0. The number of rotatable bonds is 1. The smallest absolute Gasteiger partial charge is 0.184 e. The van der Waals surface area contributed by atoms with Gasteiger partial charge in [0.15, 0.2) is 4.47 Å². The van der Waals surface area contributed by atoms with Crippen molar-refractivity contribution in [2.45, 2.75) is 0 Å². The summed E-state index contributed by atoms with van der Waals surface area (Å²) in [6.45, 7) is 0. The molecule has 1 aromatic heterocycles. The van der Waals surface area contributed by atoms with Crippen LogP contribution < -0.4 is 4.74 Å². The summed E-state index contributed by atoms with van der Waals surface area (Å²) in [7, 11) is 1.57. The normalized spacial score (nSPS) is 10.7. The molecular formula is C8H5Cl2NOS. The van der Waals surface area contributed by atoms with Gasteiger partial charge in [-0.1, -0.05) is 23.2 Å². The Hall–Kier alpha value is -0.510. The number of fused-ring (bicyclic) bond motifs is 1. The number of halogens is 2. The molecule has 0 saturated carbocycles. The zero-order valence-electron chi connectivity index (χ0n) is 6.67. The molecule has 0 saturated heterocycles. The molecule has 0 aliphatic carbocycles. The van der Waals surface area contributed by atoms with Gasteiger partial charge >= 0.3 is 0 Å². The van der Waals surface area contributed by atoms with Crippen LogP contribution >= 0.6 is 34.5 Å². The fourth-order valence-electron chi connectivity index (χ4n) is 1.06. The highest BCUT2D eigenvalue weighted by molar-refractivity contribution is 7.22. The summed E-state index contributed by atoms with van der Waals surface area (Å²) in [6, 6.07) is 3.58. The van der Waals surface area contributed by atoms with Gasteiger partial charge in [-0.25, -0.2) is 4.98 Å². The number of ether oxygens (including phenoxy) is 1. The highest BCUT2D eigenvalue weighted by Gasteiger charge is 2.07. The molecular weight excluding hydrogens is 229 g/mol. The Morgan fingerprint density at radius 2 is 2.15 bits per heavy atom. The van der Waals surface area contributed by atoms with Crippen molar-refractivity contribution < 1.29 is 4.74 Å². The maximum absolute atomic E-state index is 5.92. The lowest BCUT2D eigenvalue weighted by atomic mass is 10.3. The van der Waals surface area contributed by atoms with E-state index in [1.165, 1.54) is 11.3 Å². The highest BCUT2D eigenvalue weighted by Crippen LogP contribution is 2.33. The highest BCUT2D eigenvalue weighted by atomic mass is 35.5. The van der Waals surface area contributed by atoms with Crippen LogP contribution in [0.1, 0.15) is 0 Å². The zero-order chi connectivity index (χ0) is 9.42. The maximum Gasteiger partial charge on any atom is 0.184 e. The minimum absolute atomic E-state index is 0.513. The van der Waals surface area contributed by atoms with Crippen LogP contribution in [-0.4, -0.2) is 12.1 Å². The van der Waals surface area contributed by atoms with E-state index in [9.17, 15) is 0 Å². The molecule has 0 aliphatic heterocycles. The van der Waals surface area contributed by atoms with Crippen molar-refractivity contribution in [3.05, 3.63) is 21.6 Å². The number of aromatic nitrogens is 1. The Balaban J connectivity index is 2.72. The molecule has 68 valence electrons. The molecule has 0 N–H and O–H groups in total. The second-order valence-corrected chi connectivity index (χ2v) is 4.44. The maximum atomic E-state index is 5.92. The number of thiazole rings is 1. The summed E-state index contributed by atoms with van der Waals surface area (Å²) in [5.74, 6) is 0.621. The standard InChI is InChI=1S/C8H5Cl2NOS/c1-12-6-3-5-7(2-4(6)9)13-8(10)11-5/h2-3H,1H3. The van der Waals surface area contributed by atoms with Gasteiger partial charge in [-0.3, -0.25) is 0 Å². The van der Waals surface area contributed by atoms with E-state index < -0.39 is 0 Å². The lowest BCUT2D eigenvalue weighted by Crippen LogP contribution is -1.83. The van der Waals surface area contributed by atoms with Crippen LogP contribution in [0.3, 0.4) is 0 Å². The average Bonchev–Trinajstić information content (AvgIpc) is 2.42. The van der Waals surface area contributed by atoms with Gasteiger partial charge in [-0.05, 0) is 6.07 Å². The molecule has 1 heterocycles. The van der Waals surface area contributed by atoms with Crippen LogP contribution in [0.25, 0.3) is 10.2 Å². The van der Waals surface area contributed by atoms with Crippen molar-refractivity contribution in [2.75, 3.05) is 7.11 Å². The molecule has 1 aromatic carbocycles. The van der Waals surface area contributed by atoms with Gasteiger partial charge in [-0.15, -0.1) is 11.3 Å². The number of benzene rings is 1. The number of hydrogen-bond donors (Lipinski definition) is 0. The molecule has 0 bridgehead atoms. The van der Waals surface area contributed by atoms with Gasteiger partial charge in [0.25, 0.3) is 0 Å². The van der Waals surface area contributed by atoms with E-state index in [0.29, 0.717) is 15.2 Å².